The quantitative estimate of drug-likeness (QED) is 0.678. The van der Waals surface area contributed by atoms with Crippen LogP contribution in [0.15, 0.2) is 28.7 Å². The molecule has 0 unspecified atom stereocenters. The van der Waals surface area contributed by atoms with Crippen molar-refractivity contribution in [2.45, 2.75) is 0 Å². The number of hydrogen-bond acceptors (Lipinski definition) is 3. The molecule has 0 bridgehead atoms. The first-order valence-corrected chi connectivity index (χ1v) is 3.36. The predicted molar refractivity (Wildman–Crippen MR) is 46.7 cm³/mol. The first-order chi connectivity index (χ1) is 5.77. The summed E-state index contributed by atoms with van der Waals surface area (Å²) in [6.07, 6.45) is 0. The number of aromatic nitrogens is 1. The van der Waals surface area contributed by atoms with Gasteiger partial charge in [0.05, 0.1) is 0 Å². The molecule has 2 rings (SSSR count). The van der Waals surface area contributed by atoms with Gasteiger partial charge < -0.3 is 9.52 Å². The number of rotatable bonds is 1. The van der Waals surface area contributed by atoms with Crippen molar-refractivity contribution in [2.24, 2.45) is 0 Å². The molecule has 1 heterocycles. The topological polar surface area (TPSA) is 63.3 Å². The average Bonchev–Trinajstić information content (AvgIpc) is 2.46. The van der Waals surface area contributed by atoms with Gasteiger partial charge in [-0.1, -0.05) is 12.1 Å². The fourth-order valence-electron chi connectivity index (χ4n) is 0.964. The summed E-state index contributed by atoms with van der Waals surface area (Å²) in [4.78, 5) is 14.2. The molecule has 13 heavy (non-hydrogen) atoms. The van der Waals surface area contributed by atoms with Gasteiger partial charge in [0.15, 0.2) is 5.58 Å². The molecule has 0 saturated carbocycles. The summed E-state index contributed by atoms with van der Waals surface area (Å²) in [5.41, 5.74) is 1.06. The van der Waals surface area contributed by atoms with Gasteiger partial charge in [-0.05, 0) is 12.1 Å². The Bertz CT molecular complexity index is 405. The molecule has 61 valence electrons. The Kier molecular flexibility index (Phi) is 3.08. The fourth-order valence-corrected chi connectivity index (χ4v) is 0.964. The molecule has 0 amide bonds. The number of carbonyl (C=O) groups is 1. The maximum atomic E-state index is 10.4. The number of hydrogen-bond donors (Lipinski definition) is 1. The van der Waals surface area contributed by atoms with Crippen LogP contribution in [0.2, 0.25) is 0 Å². The summed E-state index contributed by atoms with van der Waals surface area (Å²) < 4.78 is 4.92. The van der Waals surface area contributed by atoms with E-state index in [9.17, 15) is 4.79 Å². The smallest absolute Gasteiger partial charge is 0.392 e. The van der Waals surface area contributed by atoms with Crippen molar-refractivity contribution in [3.8, 4) is 0 Å². The van der Waals surface area contributed by atoms with Crippen molar-refractivity contribution in [1.29, 1.82) is 0 Å². The fraction of sp³-hybridized carbons (Fsp3) is 0. The number of aromatic carboxylic acids is 1. The first kappa shape index (κ1) is 10.2. The molecule has 0 aliphatic carbocycles. The molecule has 1 radical (unpaired) electrons. The number of benzene rings is 1. The van der Waals surface area contributed by atoms with Crippen molar-refractivity contribution in [3.05, 3.63) is 30.2 Å². The van der Waals surface area contributed by atoms with Gasteiger partial charge in [-0.2, -0.15) is 0 Å². The van der Waals surface area contributed by atoms with E-state index in [0.29, 0.717) is 11.1 Å². The summed E-state index contributed by atoms with van der Waals surface area (Å²) in [5.74, 6) is -1.41. The Balaban J connectivity index is 0.000000845. The monoisotopic (exact) mass is 186 g/mol. The Hall–Kier alpha value is -0.840. The third kappa shape index (κ3) is 1.91. The van der Waals surface area contributed by atoms with Crippen LogP contribution in [-0.2, 0) is 0 Å². The molecular weight excluding hydrogens is 181 g/mol. The molecule has 0 saturated heterocycles. The predicted octanol–water partition coefficient (Wildman–Crippen LogP) is 1.15. The Labute approximate surface area is 95.9 Å². The molecule has 0 aliphatic heterocycles. The summed E-state index contributed by atoms with van der Waals surface area (Å²) in [7, 11) is 0. The molecular formula is C8H5NNaO3. The molecule has 0 aliphatic rings. The van der Waals surface area contributed by atoms with Crippen molar-refractivity contribution < 1.29 is 14.3 Å². The SMILES string of the molecule is O=C(O)c1nc2ccccc2o1.[Na]. The maximum absolute atomic E-state index is 10.4. The van der Waals surface area contributed by atoms with Crippen LogP contribution in [-0.4, -0.2) is 45.6 Å². The van der Waals surface area contributed by atoms with E-state index in [-0.39, 0.29) is 35.4 Å². The molecule has 1 aromatic heterocycles. The van der Waals surface area contributed by atoms with Crippen molar-refractivity contribution >= 4 is 46.6 Å². The van der Waals surface area contributed by atoms with Crippen LogP contribution in [0.1, 0.15) is 10.7 Å². The van der Waals surface area contributed by atoms with Crippen LogP contribution in [0.5, 0.6) is 0 Å². The second-order valence-corrected chi connectivity index (χ2v) is 2.29. The molecule has 1 N–H and O–H groups in total. The van der Waals surface area contributed by atoms with E-state index in [0.717, 1.165) is 0 Å². The molecule has 0 spiro atoms. The summed E-state index contributed by atoms with van der Waals surface area (Å²) in [6.45, 7) is 0. The zero-order valence-corrected chi connectivity index (χ0v) is 9.02. The minimum absolute atomic E-state index is 0. The van der Waals surface area contributed by atoms with E-state index in [4.69, 9.17) is 9.52 Å². The van der Waals surface area contributed by atoms with Crippen LogP contribution in [0.3, 0.4) is 0 Å². The van der Waals surface area contributed by atoms with E-state index in [1.807, 2.05) is 0 Å². The van der Waals surface area contributed by atoms with E-state index in [1.54, 1.807) is 24.3 Å². The minimum Gasteiger partial charge on any atom is -0.474 e. The average molecular weight is 186 g/mol. The number of fused-ring (bicyclic) bond motifs is 1. The number of carboxylic acids is 1. The van der Waals surface area contributed by atoms with Gasteiger partial charge >= 0.3 is 11.9 Å². The van der Waals surface area contributed by atoms with E-state index in [2.05, 4.69) is 4.98 Å². The van der Waals surface area contributed by atoms with Gasteiger partial charge in [-0.25, -0.2) is 9.78 Å². The first-order valence-electron chi connectivity index (χ1n) is 3.36. The van der Waals surface area contributed by atoms with Gasteiger partial charge in [-0.15, -0.1) is 0 Å². The van der Waals surface area contributed by atoms with Crippen molar-refractivity contribution in [1.82, 2.24) is 4.98 Å². The number of para-hydroxylation sites is 2. The van der Waals surface area contributed by atoms with Crippen molar-refractivity contribution in [2.75, 3.05) is 0 Å². The molecule has 2 aromatic rings. The van der Waals surface area contributed by atoms with E-state index in [1.165, 1.54) is 0 Å². The van der Waals surface area contributed by atoms with Gasteiger partial charge in [0.25, 0.3) is 0 Å². The second kappa shape index (κ2) is 3.91. The van der Waals surface area contributed by atoms with Crippen LogP contribution in [0.25, 0.3) is 11.1 Å². The minimum atomic E-state index is -1.15. The Morgan fingerprint density at radius 2 is 2.08 bits per heavy atom. The molecule has 0 fully saturated rings. The maximum Gasteiger partial charge on any atom is 0.392 e. The van der Waals surface area contributed by atoms with E-state index < -0.39 is 5.97 Å². The van der Waals surface area contributed by atoms with Crippen LogP contribution < -0.4 is 0 Å². The number of oxazole rings is 1. The Morgan fingerprint density at radius 1 is 1.38 bits per heavy atom. The number of nitrogens with zero attached hydrogens (tertiary/aromatic N) is 1. The summed E-state index contributed by atoms with van der Waals surface area (Å²) in [6, 6.07) is 6.91. The largest absolute Gasteiger partial charge is 0.474 e. The molecule has 5 heteroatoms. The van der Waals surface area contributed by atoms with Crippen LogP contribution in [0, 0.1) is 0 Å². The van der Waals surface area contributed by atoms with Crippen molar-refractivity contribution in [3.63, 3.8) is 0 Å². The molecule has 4 nitrogen and oxygen atoms in total. The molecule has 0 atom stereocenters. The van der Waals surface area contributed by atoms with E-state index >= 15 is 0 Å². The Morgan fingerprint density at radius 3 is 2.69 bits per heavy atom. The van der Waals surface area contributed by atoms with Crippen LogP contribution in [0.4, 0.5) is 0 Å². The van der Waals surface area contributed by atoms with Gasteiger partial charge in [0.2, 0.25) is 0 Å². The summed E-state index contributed by atoms with van der Waals surface area (Å²) in [5, 5.41) is 8.53. The molecule has 1 aromatic carbocycles. The standard InChI is InChI=1S/C8H5NO3.Na/c10-8(11)7-9-5-3-1-2-4-6(5)12-7;/h1-4H,(H,10,11);. The number of carboxylic acid groups (broad SMARTS) is 1. The zero-order valence-electron chi connectivity index (χ0n) is 7.02. The normalized spacial score (nSPS) is 9.54. The van der Waals surface area contributed by atoms with Crippen LogP contribution >= 0.6 is 0 Å². The van der Waals surface area contributed by atoms with Gasteiger partial charge in [0, 0.05) is 29.6 Å². The third-order valence-electron chi connectivity index (χ3n) is 1.48. The van der Waals surface area contributed by atoms with Gasteiger partial charge in [-0.3, -0.25) is 0 Å². The third-order valence-corrected chi connectivity index (χ3v) is 1.48. The van der Waals surface area contributed by atoms with Gasteiger partial charge in [0.1, 0.15) is 5.52 Å². The summed E-state index contributed by atoms with van der Waals surface area (Å²) >= 11 is 0. The zero-order chi connectivity index (χ0) is 8.55. The second-order valence-electron chi connectivity index (χ2n) is 2.29.